The molecule has 0 saturated heterocycles. The fourth-order valence-corrected chi connectivity index (χ4v) is 3.95. The number of nitrogens with zero attached hydrogens (tertiary/aromatic N) is 1. The minimum atomic E-state index is -0.669. The Hall–Kier alpha value is -1.98. The number of carbonyl (C=O) groups excluding carboxylic acids is 1. The Bertz CT molecular complexity index is 749. The number of halogens is 1. The summed E-state index contributed by atoms with van der Waals surface area (Å²) in [6, 6.07) is 15.3. The van der Waals surface area contributed by atoms with Gasteiger partial charge >= 0.3 is 6.03 Å². The van der Waals surface area contributed by atoms with Gasteiger partial charge in [0.15, 0.2) is 0 Å². The van der Waals surface area contributed by atoms with Crippen LogP contribution >= 0.6 is 23.4 Å². The molecule has 2 aromatic rings. The molecule has 4 nitrogen and oxygen atoms in total. The van der Waals surface area contributed by atoms with Crippen LogP contribution in [0.5, 0.6) is 0 Å². The third kappa shape index (κ3) is 3.86. The van der Waals surface area contributed by atoms with Crippen LogP contribution in [0.4, 0.5) is 4.79 Å². The maximum absolute atomic E-state index is 11.1. The van der Waals surface area contributed by atoms with E-state index in [4.69, 9.17) is 17.3 Å². The van der Waals surface area contributed by atoms with Gasteiger partial charge in [-0.25, -0.2) is 10.2 Å². The minimum absolute atomic E-state index is 0.181. The minimum Gasteiger partial charge on any atom is -0.350 e. The van der Waals surface area contributed by atoms with E-state index in [0.717, 1.165) is 28.3 Å². The van der Waals surface area contributed by atoms with Gasteiger partial charge in [-0.05, 0) is 30.2 Å². The highest BCUT2D eigenvalue weighted by Crippen LogP contribution is 2.36. The van der Waals surface area contributed by atoms with E-state index in [0.29, 0.717) is 5.02 Å². The number of hydrogen-bond acceptors (Lipinski definition) is 3. The first-order chi connectivity index (χ1) is 11.1. The lowest BCUT2D eigenvalue weighted by molar-refractivity contribution is 0.249. The zero-order valence-corrected chi connectivity index (χ0v) is 13.9. The Morgan fingerprint density at radius 2 is 2.09 bits per heavy atom. The molecule has 0 fully saturated rings. The third-order valence-corrected chi connectivity index (χ3v) is 5.13. The Balaban J connectivity index is 1.95. The average molecular weight is 346 g/mol. The van der Waals surface area contributed by atoms with Gasteiger partial charge in [-0.2, -0.15) is 5.10 Å². The van der Waals surface area contributed by atoms with Crippen LogP contribution in [0.15, 0.2) is 58.5 Å². The van der Waals surface area contributed by atoms with Gasteiger partial charge in [0.05, 0.1) is 5.71 Å². The van der Waals surface area contributed by atoms with Gasteiger partial charge in [-0.15, -0.1) is 11.8 Å². The number of urea groups is 1. The molecule has 118 valence electrons. The molecule has 2 aromatic carbocycles. The van der Waals surface area contributed by atoms with Crippen molar-refractivity contribution in [2.75, 3.05) is 5.75 Å². The quantitative estimate of drug-likeness (QED) is 0.833. The predicted molar refractivity (Wildman–Crippen MR) is 95.1 cm³/mol. The lowest BCUT2D eigenvalue weighted by Gasteiger charge is -2.26. The lowest BCUT2D eigenvalue weighted by atomic mass is 9.91. The first-order valence-corrected chi connectivity index (χ1v) is 8.59. The molecule has 3 rings (SSSR count). The van der Waals surface area contributed by atoms with E-state index in [2.05, 4.69) is 22.7 Å². The molecule has 6 heteroatoms. The second-order valence-electron chi connectivity index (χ2n) is 5.31. The van der Waals surface area contributed by atoms with Crippen molar-refractivity contribution >= 4 is 35.1 Å². The number of nitrogens with one attached hydrogen (secondary N) is 1. The summed E-state index contributed by atoms with van der Waals surface area (Å²) in [5, 5.41) is 4.91. The number of carbonyl (C=O) groups is 1. The summed E-state index contributed by atoms with van der Waals surface area (Å²) in [5.74, 6) is 1.07. The normalized spacial score (nSPS) is 18.5. The summed E-state index contributed by atoms with van der Waals surface area (Å²) in [6.45, 7) is 0. The highest BCUT2D eigenvalue weighted by molar-refractivity contribution is 7.99. The number of hydrazone groups is 1. The predicted octanol–water partition coefficient (Wildman–Crippen LogP) is 3.68. The van der Waals surface area contributed by atoms with Crippen molar-refractivity contribution in [2.45, 2.75) is 11.3 Å². The average Bonchev–Trinajstić information content (AvgIpc) is 2.54. The zero-order valence-electron chi connectivity index (χ0n) is 12.3. The molecule has 0 aromatic heterocycles. The molecular formula is C17H16ClN3OS. The van der Waals surface area contributed by atoms with Gasteiger partial charge in [0.2, 0.25) is 0 Å². The van der Waals surface area contributed by atoms with Crippen LogP contribution in [0.25, 0.3) is 0 Å². The number of nitrogens with two attached hydrogens (primary N) is 1. The van der Waals surface area contributed by atoms with E-state index < -0.39 is 6.03 Å². The van der Waals surface area contributed by atoms with Crippen molar-refractivity contribution in [3.8, 4) is 0 Å². The number of amides is 2. The van der Waals surface area contributed by atoms with Crippen molar-refractivity contribution in [1.29, 1.82) is 0 Å². The number of primary amides is 1. The van der Waals surface area contributed by atoms with Crippen LogP contribution < -0.4 is 11.2 Å². The van der Waals surface area contributed by atoms with Gasteiger partial charge < -0.3 is 5.73 Å². The summed E-state index contributed by atoms with van der Waals surface area (Å²) in [4.78, 5) is 12.2. The van der Waals surface area contributed by atoms with Crippen LogP contribution in [-0.2, 0) is 6.42 Å². The third-order valence-electron chi connectivity index (χ3n) is 3.66. The topological polar surface area (TPSA) is 67.5 Å². The van der Waals surface area contributed by atoms with Crippen molar-refractivity contribution in [3.05, 3.63) is 64.7 Å². The highest BCUT2D eigenvalue weighted by atomic mass is 35.5. The highest BCUT2D eigenvalue weighted by Gasteiger charge is 2.27. The second kappa shape index (κ2) is 7.06. The molecule has 1 aliphatic rings. The lowest BCUT2D eigenvalue weighted by Crippen LogP contribution is -2.31. The van der Waals surface area contributed by atoms with Gasteiger partial charge in [-0.3, -0.25) is 0 Å². The van der Waals surface area contributed by atoms with E-state index in [9.17, 15) is 4.79 Å². The Kier molecular flexibility index (Phi) is 4.88. The van der Waals surface area contributed by atoms with E-state index in [1.165, 1.54) is 5.56 Å². The van der Waals surface area contributed by atoms with Gasteiger partial charge in [0.25, 0.3) is 0 Å². The zero-order chi connectivity index (χ0) is 16.2. The summed E-state index contributed by atoms with van der Waals surface area (Å²) < 4.78 is 0. The molecule has 3 N–H and O–H groups in total. The summed E-state index contributed by atoms with van der Waals surface area (Å²) in [7, 11) is 0. The Morgan fingerprint density at radius 3 is 2.83 bits per heavy atom. The number of thioether (sulfide) groups is 1. The maximum atomic E-state index is 11.1. The molecule has 0 saturated carbocycles. The molecule has 1 atom stereocenters. The molecule has 0 spiro atoms. The molecule has 23 heavy (non-hydrogen) atoms. The van der Waals surface area contributed by atoms with Gasteiger partial charge in [0, 0.05) is 27.2 Å². The first kappa shape index (κ1) is 15.9. The van der Waals surface area contributed by atoms with Gasteiger partial charge in [-0.1, -0.05) is 41.9 Å². The fraction of sp³-hybridized carbons (Fsp3) is 0.176. The van der Waals surface area contributed by atoms with E-state index in [-0.39, 0.29) is 5.92 Å². The number of fused-ring (bicyclic) bond motifs is 1. The summed E-state index contributed by atoms with van der Waals surface area (Å²) >= 11 is 7.92. The maximum Gasteiger partial charge on any atom is 0.332 e. The Labute approximate surface area is 144 Å². The Morgan fingerprint density at radius 1 is 1.30 bits per heavy atom. The molecular weight excluding hydrogens is 330 g/mol. The molecule has 0 aliphatic carbocycles. The molecule has 2 amide bonds. The first-order valence-electron chi connectivity index (χ1n) is 7.23. The molecule has 1 aliphatic heterocycles. The van der Waals surface area contributed by atoms with Crippen molar-refractivity contribution < 1.29 is 4.79 Å². The largest absolute Gasteiger partial charge is 0.350 e. The van der Waals surface area contributed by atoms with Crippen LogP contribution in [0, 0.1) is 5.92 Å². The van der Waals surface area contributed by atoms with Crippen molar-refractivity contribution in [1.82, 2.24) is 5.43 Å². The molecule has 1 heterocycles. The van der Waals surface area contributed by atoms with Crippen molar-refractivity contribution in [2.24, 2.45) is 16.8 Å². The second-order valence-corrected chi connectivity index (χ2v) is 6.81. The standard InChI is InChI=1S/C17H16ClN3OS/c18-13-6-7-15-14(9-13)16(20-21-17(19)22)12(10-23-15)8-11-4-2-1-3-5-11/h1-7,9,12H,8,10H2,(H3,19,21,22). The number of rotatable bonds is 3. The van der Waals surface area contributed by atoms with E-state index in [1.54, 1.807) is 11.8 Å². The van der Waals surface area contributed by atoms with Crippen LogP contribution in [0.2, 0.25) is 5.02 Å². The fourth-order valence-electron chi connectivity index (χ4n) is 2.64. The van der Waals surface area contributed by atoms with E-state index >= 15 is 0 Å². The number of benzene rings is 2. The summed E-state index contributed by atoms with van der Waals surface area (Å²) in [5.41, 5.74) is 10.6. The summed E-state index contributed by atoms with van der Waals surface area (Å²) in [6.07, 6.45) is 0.846. The monoisotopic (exact) mass is 345 g/mol. The molecule has 0 bridgehead atoms. The molecule has 1 unspecified atom stereocenters. The van der Waals surface area contributed by atoms with Crippen LogP contribution in [0.3, 0.4) is 0 Å². The van der Waals surface area contributed by atoms with Crippen LogP contribution in [0.1, 0.15) is 11.1 Å². The number of hydrogen-bond donors (Lipinski definition) is 2. The van der Waals surface area contributed by atoms with E-state index in [1.807, 2.05) is 36.4 Å². The SMILES string of the molecule is NC(=O)NN=C1c2cc(Cl)ccc2SCC1Cc1ccccc1. The smallest absolute Gasteiger partial charge is 0.332 e. The van der Waals surface area contributed by atoms with Crippen molar-refractivity contribution in [3.63, 3.8) is 0 Å². The van der Waals surface area contributed by atoms with Gasteiger partial charge in [0.1, 0.15) is 0 Å². The van der Waals surface area contributed by atoms with Crippen LogP contribution in [-0.4, -0.2) is 17.5 Å². The molecule has 0 radical (unpaired) electrons.